The van der Waals surface area contributed by atoms with Crippen LogP contribution in [0.25, 0.3) is 21.9 Å². The maximum Gasteiger partial charge on any atom is 0.408 e. The molecule has 0 saturated heterocycles. The standard InChI is InChI=1S/C28H41N5O5/c1-8-38-16-22-31-23-24(32(22)17-28(6,7)37)20-11-9-10-12-21(20)30-25(23)29-14-19(13-18(2)15-34)33(26(35)36)27(3,4)5/h9-12,15,18-19,37H,8,13-14,16-17H2,1-7H3,(H,29,30)(H,35,36)/t18-,19-/m0/s1. The molecule has 10 nitrogen and oxygen atoms in total. The van der Waals surface area contributed by atoms with Gasteiger partial charge in [-0.1, -0.05) is 25.1 Å². The summed E-state index contributed by atoms with van der Waals surface area (Å²) in [5.74, 6) is 0.853. The van der Waals surface area contributed by atoms with E-state index in [1.807, 2.05) is 56.5 Å². The van der Waals surface area contributed by atoms with Crippen molar-refractivity contribution in [2.45, 2.75) is 85.2 Å². The van der Waals surface area contributed by atoms with Crippen molar-refractivity contribution in [3.63, 3.8) is 0 Å². The van der Waals surface area contributed by atoms with Crippen LogP contribution in [0.1, 0.15) is 60.7 Å². The lowest BCUT2D eigenvalue weighted by molar-refractivity contribution is -0.111. The number of rotatable bonds is 12. The zero-order valence-corrected chi connectivity index (χ0v) is 23.5. The number of amides is 1. The van der Waals surface area contributed by atoms with E-state index < -0.39 is 23.3 Å². The van der Waals surface area contributed by atoms with Gasteiger partial charge in [0, 0.05) is 30.0 Å². The number of aldehydes is 1. The Morgan fingerprint density at radius 3 is 2.47 bits per heavy atom. The fourth-order valence-electron chi connectivity index (χ4n) is 4.84. The third-order valence-electron chi connectivity index (χ3n) is 6.32. The molecule has 0 bridgehead atoms. The summed E-state index contributed by atoms with van der Waals surface area (Å²) in [5, 5.41) is 25.0. The number of ether oxygens (including phenoxy) is 1. The van der Waals surface area contributed by atoms with Crippen molar-refractivity contribution >= 4 is 40.1 Å². The SMILES string of the molecule is CCOCc1nc2c(NC[C@H](C[C@H](C)C=O)N(C(=O)O)C(C)(C)C)nc3ccccc3c2n1CC(C)(C)O. The third kappa shape index (κ3) is 6.79. The average Bonchev–Trinajstić information content (AvgIpc) is 3.16. The summed E-state index contributed by atoms with van der Waals surface area (Å²) in [6.45, 7) is 14.0. The Balaban J connectivity index is 2.15. The number of nitrogens with zero attached hydrogens (tertiary/aromatic N) is 4. The predicted octanol–water partition coefficient (Wildman–Crippen LogP) is 4.68. The highest BCUT2D eigenvalue weighted by atomic mass is 16.5. The van der Waals surface area contributed by atoms with E-state index in [2.05, 4.69) is 5.32 Å². The van der Waals surface area contributed by atoms with Gasteiger partial charge in [0.15, 0.2) is 5.82 Å². The van der Waals surface area contributed by atoms with E-state index in [0.29, 0.717) is 36.7 Å². The molecule has 2 heterocycles. The number of pyridine rings is 1. The van der Waals surface area contributed by atoms with Crippen molar-refractivity contribution < 1.29 is 24.5 Å². The summed E-state index contributed by atoms with van der Waals surface area (Å²) in [6.07, 6.45) is 0.160. The van der Waals surface area contributed by atoms with Crippen LogP contribution in [-0.4, -0.2) is 72.4 Å². The van der Waals surface area contributed by atoms with Crippen LogP contribution in [0.2, 0.25) is 0 Å². The number of aliphatic hydroxyl groups is 1. The molecule has 0 fully saturated rings. The van der Waals surface area contributed by atoms with E-state index in [-0.39, 0.29) is 19.1 Å². The van der Waals surface area contributed by atoms with E-state index in [1.165, 1.54) is 4.90 Å². The number of nitrogens with one attached hydrogen (secondary N) is 1. The molecular formula is C28H41N5O5. The number of fused-ring (bicyclic) bond motifs is 3. The summed E-state index contributed by atoms with van der Waals surface area (Å²) in [6, 6.07) is 7.24. The van der Waals surface area contributed by atoms with E-state index in [4.69, 9.17) is 14.7 Å². The van der Waals surface area contributed by atoms with Crippen molar-refractivity contribution in [1.29, 1.82) is 0 Å². The maximum absolute atomic E-state index is 12.3. The van der Waals surface area contributed by atoms with Gasteiger partial charge >= 0.3 is 6.09 Å². The molecule has 3 N–H and O–H groups in total. The average molecular weight is 528 g/mol. The van der Waals surface area contributed by atoms with Crippen LogP contribution in [0.4, 0.5) is 10.6 Å². The van der Waals surface area contributed by atoms with Crippen molar-refractivity contribution in [2.75, 3.05) is 18.5 Å². The van der Waals surface area contributed by atoms with E-state index in [9.17, 15) is 19.8 Å². The topological polar surface area (TPSA) is 130 Å². The largest absolute Gasteiger partial charge is 0.465 e. The van der Waals surface area contributed by atoms with E-state index in [0.717, 1.165) is 22.7 Å². The summed E-state index contributed by atoms with van der Waals surface area (Å²) in [7, 11) is 0. The molecule has 10 heteroatoms. The molecule has 0 aliphatic heterocycles. The van der Waals surface area contributed by atoms with Gasteiger partial charge in [0.1, 0.15) is 24.2 Å². The van der Waals surface area contributed by atoms with Crippen LogP contribution >= 0.6 is 0 Å². The van der Waals surface area contributed by atoms with Gasteiger partial charge in [-0.15, -0.1) is 0 Å². The number of para-hydroxylation sites is 1. The quantitative estimate of drug-likeness (QED) is 0.290. The molecular weight excluding hydrogens is 486 g/mol. The first-order valence-electron chi connectivity index (χ1n) is 13.1. The second-order valence-electron chi connectivity index (χ2n) is 11.4. The van der Waals surface area contributed by atoms with Gasteiger partial charge in [-0.25, -0.2) is 14.8 Å². The molecule has 3 aromatic rings. The summed E-state index contributed by atoms with van der Waals surface area (Å²) < 4.78 is 7.67. The second kappa shape index (κ2) is 11.7. The van der Waals surface area contributed by atoms with Crippen LogP contribution in [0, 0.1) is 5.92 Å². The van der Waals surface area contributed by atoms with Crippen LogP contribution < -0.4 is 5.32 Å². The smallest absolute Gasteiger partial charge is 0.408 e. The lowest BCUT2D eigenvalue weighted by Crippen LogP contribution is -2.54. The van der Waals surface area contributed by atoms with E-state index >= 15 is 0 Å². The summed E-state index contributed by atoms with van der Waals surface area (Å²) >= 11 is 0. The molecule has 2 atom stereocenters. The first-order chi connectivity index (χ1) is 17.8. The minimum Gasteiger partial charge on any atom is -0.465 e. The van der Waals surface area contributed by atoms with Crippen molar-refractivity contribution in [3.8, 4) is 0 Å². The monoisotopic (exact) mass is 527 g/mol. The fourth-order valence-corrected chi connectivity index (χ4v) is 4.84. The summed E-state index contributed by atoms with van der Waals surface area (Å²) in [5.41, 5.74) is 0.496. The number of carbonyl (C=O) groups is 2. The van der Waals surface area contributed by atoms with Crippen molar-refractivity contribution in [3.05, 3.63) is 30.1 Å². The molecule has 0 aliphatic carbocycles. The zero-order chi connectivity index (χ0) is 28.3. The Morgan fingerprint density at radius 1 is 1.21 bits per heavy atom. The Kier molecular flexibility index (Phi) is 8.99. The highest BCUT2D eigenvalue weighted by Crippen LogP contribution is 2.32. The Labute approximate surface area is 224 Å². The Bertz CT molecular complexity index is 1270. The third-order valence-corrected chi connectivity index (χ3v) is 6.32. The van der Waals surface area contributed by atoms with Gasteiger partial charge < -0.3 is 29.6 Å². The van der Waals surface area contributed by atoms with Crippen molar-refractivity contribution in [1.82, 2.24) is 19.4 Å². The summed E-state index contributed by atoms with van der Waals surface area (Å²) in [4.78, 5) is 34.9. The van der Waals surface area contributed by atoms with Crippen LogP contribution in [0.3, 0.4) is 0 Å². The molecule has 0 spiro atoms. The highest BCUT2D eigenvalue weighted by Gasteiger charge is 2.34. The second-order valence-corrected chi connectivity index (χ2v) is 11.4. The highest BCUT2D eigenvalue weighted by molar-refractivity contribution is 6.07. The van der Waals surface area contributed by atoms with Gasteiger partial charge in [-0.3, -0.25) is 4.90 Å². The number of anilines is 1. The van der Waals surface area contributed by atoms with Gasteiger partial charge in [-0.2, -0.15) is 0 Å². The number of aromatic nitrogens is 3. The normalized spacial score (nSPS) is 14.0. The van der Waals surface area contributed by atoms with E-state index in [1.54, 1.807) is 20.8 Å². The lowest BCUT2D eigenvalue weighted by atomic mass is 9.96. The minimum atomic E-state index is -1.05. The molecule has 38 heavy (non-hydrogen) atoms. The molecule has 0 aliphatic rings. The maximum atomic E-state index is 12.3. The van der Waals surface area contributed by atoms with Gasteiger partial charge in [0.05, 0.1) is 29.2 Å². The molecule has 208 valence electrons. The number of imidazole rings is 1. The van der Waals surface area contributed by atoms with Gasteiger partial charge in [0.25, 0.3) is 0 Å². The van der Waals surface area contributed by atoms with Crippen molar-refractivity contribution in [2.24, 2.45) is 5.92 Å². The zero-order valence-electron chi connectivity index (χ0n) is 23.5. The molecule has 1 amide bonds. The number of carbonyl (C=O) groups excluding carboxylic acids is 1. The Hall–Kier alpha value is -3.24. The molecule has 1 aromatic carbocycles. The van der Waals surface area contributed by atoms with Crippen LogP contribution in [-0.2, 0) is 22.7 Å². The van der Waals surface area contributed by atoms with Crippen LogP contribution in [0.15, 0.2) is 24.3 Å². The number of benzene rings is 1. The fraction of sp³-hybridized carbons (Fsp3) is 0.571. The number of hydrogen-bond acceptors (Lipinski definition) is 7. The van der Waals surface area contributed by atoms with Gasteiger partial charge in [-0.05, 0) is 54.0 Å². The molecule has 3 rings (SSSR count). The van der Waals surface area contributed by atoms with Crippen LogP contribution in [0.5, 0.6) is 0 Å². The molecule has 0 unspecified atom stereocenters. The molecule has 0 saturated carbocycles. The Morgan fingerprint density at radius 2 is 1.89 bits per heavy atom. The minimum absolute atomic E-state index is 0.237. The first kappa shape index (κ1) is 29.3. The first-order valence-corrected chi connectivity index (χ1v) is 13.1. The molecule has 0 radical (unpaired) electrons. The number of carboxylic acid groups (broad SMARTS) is 1. The predicted molar refractivity (Wildman–Crippen MR) is 148 cm³/mol. The number of hydrogen-bond donors (Lipinski definition) is 3. The van der Waals surface area contributed by atoms with Gasteiger partial charge in [0.2, 0.25) is 0 Å². The molecule has 2 aromatic heterocycles. The lowest BCUT2D eigenvalue weighted by Gasteiger charge is -2.40.